The molecule has 0 radical (unpaired) electrons. The number of rotatable bonds is 3. The van der Waals surface area contributed by atoms with Crippen LogP contribution in [0, 0.1) is 13.8 Å². The fourth-order valence-corrected chi connectivity index (χ4v) is 7.57. The van der Waals surface area contributed by atoms with Gasteiger partial charge < -0.3 is 9.32 Å². The van der Waals surface area contributed by atoms with Gasteiger partial charge in [-0.2, -0.15) is 0 Å². The van der Waals surface area contributed by atoms with E-state index < -0.39 is 0 Å². The Morgan fingerprint density at radius 2 is 1.20 bits per heavy atom. The quantitative estimate of drug-likeness (QED) is 0.207. The van der Waals surface area contributed by atoms with Crippen molar-refractivity contribution in [3.63, 3.8) is 0 Å². The Labute approximate surface area is 263 Å². The minimum atomic E-state index is -0.0917. The van der Waals surface area contributed by atoms with Crippen LogP contribution < -0.4 is 4.90 Å². The van der Waals surface area contributed by atoms with Gasteiger partial charge in [-0.1, -0.05) is 86.6 Å². The number of furan rings is 1. The van der Waals surface area contributed by atoms with E-state index in [-0.39, 0.29) is 5.41 Å². The topological polar surface area (TPSA) is 16.4 Å². The van der Waals surface area contributed by atoms with Gasteiger partial charge in [-0.25, -0.2) is 0 Å². The van der Waals surface area contributed by atoms with Gasteiger partial charge in [0.25, 0.3) is 0 Å². The summed E-state index contributed by atoms with van der Waals surface area (Å²) in [5.74, 6) is 0. The molecule has 7 aromatic carbocycles. The van der Waals surface area contributed by atoms with Crippen LogP contribution in [0.3, 0.4) is 0 Å². The summed E-state index contributed by atoms with van der Waals surface area (Å²) in [5.41, 5.74) is 13.0. The Morgan fingerprint density at radius 1 is 0.533 bits per heavy atom. The first-order valence-corrected chi connectivity index (χ1v) is 15.8. The molecular weight excluding hydrogens is 546 g/mol. The Balaban J connectivity index is 1.28. The Kier molecular flexibility index (Phi) is 5.41. The van der Waals surface area contributed by atoms with Crippen LogP contribution in [0.4, 0.5) is 17.1 Å². The first kappa shape index (κ1) is 26.1. The summed E-state index contributed by atoms with van der Waals surface area (Å²) >= 11 is 0. The first-order valence-electron chi connectivity index (χ1n) is 15.8. The van der Waals surface area contributed by atoms with E-state index in [9.17, 15) is 0 Å². The predicted octanol–water partition coefficient (Wildman–Crippen LogP) is 12.3. The monoisotopic (exact) mass is 579 g/mol. The number of nitrogens with zero attached hydrogens (tertiary/aromatic N) is 1. The second-order valence-corrected chi connectivity index (χ2v) is 13.2. The zero-order valence-corrected chi connectivity index (χ0v) is 26.0. The SMILES string of the molecule is Cc1ccc(C)c(N(c2ccc3cc4c(cc3c2)C(C)(C)c2cc3ccccc3cc2-4)c2cccc3c2oc2ccccc23)c1. The zero-order chi connectivity index (χ0) is 30.4. The van der Waals surface area contributed by atoms with Crippen molar-refractivity contribution >= 4 is 60.5 Å². The zero-order valence-electron chi connectivity index (χ0n) is 26.0. The highest BCUT2D eigenvalue weighted by Gasteiger charge is 2.36. The van der Waals surface area contributed by atoms with Gasteiger partial charge in [0.05, 0.1) is 5.69 Å². The van der Waals surface area contributed by atoms with Crippen LogP contribution in [0.25, 0.3) is 54.6 Å². The van der Waals surface area contributed by atoms with Gasteiger partial charge >= 0.3 is 0 Å². The van der Waals surface area contributed by atoms with Crippen LogP contribution in [0.1, 0.15) is 36.1 Å². The van der Waals surface area contributed by atoms with Crippen molar-refractivity contribution in [2.75, 3.05) is 4.90 Å². The van der Waals surface area contributed by atoms with E-state index in [1.165, 1.54) is 54.9 Å². The number of benzene rings is 7. The van der Waals surface area contributed by atoms with Gasteiger partial charge in [0, 0.05) is 27.6 Å². The standard InChI is InChI=1S/C43H33NO/c1-26-16-17-27(2)40(20-26)44(39-14-9-13-34-33-12-7-8-15-41(33)45-42(34)39)32-19-18-30-23-36-35-22-28-10-5-6-11-29(28)24-37(35)43(3,4)38(36)25-31(30)21-32/h5-25H,1-4H3. The van der Waals surface area contributed by atoms with Gasteiger partial charge in [-0.05, 0) is 123 Å². The minimum Gasteiger partial charge on any atom is -0.454 e. The van der Waals surface area contributed by atoms with Crippen LogP contribution in [-0.4, -0.2) is 0 Å². The Bertz CT molecular complexity index is 2500. The summed E-state index contributed by atoms with van der Waals surface area (Å²) < 4.78 is 6.58. The largest absolute Gasteiger partial charge is 0.454 e. The lowest BCUT2D eigenvalue weighted by Crippen LogP contribution is -2.15. The van der Waals surface area contributed by atoms with Gasteiger partial charge in [0.15, 0.2) is 5.58 Å². The smallest absolute Gasteiger partial charge is 0.159 e. The second kappa shape index (κ2) is 9.33. The summed E-state index contributed by atoms with van der Waals surface area (Å²) in [6, 6.07) is 46.7. The maximum atomic E-state index is 6.58. The van der Waals surface area contributed by atoms with E-state index in [1.54, 1.807) is 0 Å². The van der Waals surface area contributed by atoms with Crippen LogP contribution in [0.5, 0.6) is 0 Å². The van der Waals surface area contributed by atoms with Crippen molar-refractivity contribution < 1.29 is 4.42 Å². The average molecular weight is 580 g/mol. The molecule has 0 aliphatic heterocycles. The Morgan fingerprint density at radius 3 is 2.00 bits per heavy atom. The molecule has 0 fully saturated rings. The summed E-state index contributed by atoms with van der Waals surface area (Å²) in [6.07, 6.45) is 0. The van der Waals surface area contributed by atoms with Crippen LogP contribution >= 0.6 is 0 Å². The summed E-state index contributed by atoms with van der Waals surface area (Å²) in [6.45, 7) is 9.09. The highest BCUT2D eigenvalue weighted by atomic mass is 16.3. The molecule has 1 aliphatic carbocycles. The lowest BCUT2D eigenvalue weighted by molar-refractivity contribution is 0.662. The number of para-hydroxylation sites is 2. The fraction of sp³-hybridized carbons (Fsp3) is 0.116. The van der Waals surface area contributed by atoms with Crippen molar-refractivity contribution in [3.8, 4) is 11.1 Å². The molecule has 8 aromatic rings. The molecule has 0 amide bonds. The van der Waals surface area contributed by atoms with Gasteiger partial charge in [0.1, 0.15) is 5.58 Å². The molecule has 0 N–H and O–H groups in total. The van der Waals surface area contributed by atoms with Crippen LogP contribution in [-0.2, 0) is 5.41 Å². The Hall–Kier alpha value is -5.34. The number of hydrogen-bond acceptors (Lipinski definition) is 2. The lowest BCUT2D eigenvalue weighted by Gasteiger charge is -2.28. The van der Waals surface area contributed by atoms with E-state index in [0.29, 0.717) is 0 Å². The maximum Gasteiger partial charge on any atom is 0.159 e. The van der Waals surface area contributed by atoms with E-state index >= 15 is 0 Å². The second-order valence-electron chi connectivity index (χ2n) is 13.2. The number of aryl methyl sites for hydroxylation is 2. The van der Waals surface area contributed by atoms with Crippen molar-refractivity contribution in [1.82, 2.24) is 0 Å². The van der Waals surface area contributed by atoms with Crippen molar-refractivity contribution in [2.24, 2.45) is 0 Å². The van der Waals surface area contributed by atoms with Crippen molar-refractivity contribution in [2.45, 2.75) is 33.1 Å². The third-order valence-corrected chi connectivity index (χ3v) is 9.97. The van der Waals surface area contributed by atoms with Crippen LogP contribution in [0.15, 0.2) is 132 Å². The minimum absolute atomic E-state index is 0.0917. The molecule has 0 atom stereocenters. The molecule has 1 heterocycles. The van der Waals surface area contributed by atoms with E-state index in [4.69, 9.17) is 4.42 Å². The van der Waals surface area contributed by atoms with E-state index in [2.05, 4.69) is 154 Å². The molecule has 45 heavy (non-hydrogen) atoms. The molecule has 0 bridgehead atoms. The molecule has 0 unspecified atom stereocenters. The van der Waals surface area contributed by atoms with Gasteiger partial charge in [-0.3, -0.25) is 0 Å². The summed E-state index contributed by atoms with van der Waals surface area (Å²) in [7, 11) is 0. The van der Waals surface area contributed by atoms with Crippen LogP contribution in [0.2, 0.25) is 0 Å². The predicted molar refractivity (Wildman–Crippen MR) is 190 cm³/mol. The maximum absolute atomic E-state index is 6.58. The van der Waals surface area contributed by atoms with Gasteiger partial charge in [-0.15, -0.1) is 0 Å². The number of anilines is 3. The van der Waals surface area contributed by atoms with E-state index in [0.717, 1.165) is 39.0 Å². The molecule has 1 aromatic heterocycles. The van der Waals surface area contributed by atoms with Crippen molar-refractivity contribution in [3.05, 3.63) is 150 Å². The third-order valence-electron chi connectivity index (χ3n) is 9.97. The fourth-order valence-electron chi connectivity index (χ4n) is 7.57. The van der Waals surface area contributed by atoms with E-state index in [1.807, 2.05) is 6.07 Å². The highest BCUT2D eigenvalue weighted by molar-refractivity contribution is 6.10. The molecule has 216 valence electrons. The number of hydrogen-bond donors (Lipinski definition) is 0. The molecule has 9 rings (SSSR count). The molecule has 0 saturated carbocycles. The first-order chi connectivity index (χ1) is 21.9. The molecule has 0 saturated heterocycles. The molecule has 2 heteroatoms. The van der Waals surface area contributed by atoms with Gasteiger partial charge in [0.2, 0.25) is 0 Å². The molecule has 2 nitrogen and oxygen atoms in total. The molecule has 1 aliphatic rings. The normalized spacial score (nSPS) is 13.5. The van der Waals surface area contributed by atoms with Crippen molar-refractivity contribution in [1.29, 1.82) is 0 Å². The number of fused-ring (bicyclic) bond motifs is 8. The summed E-state index contributed by atoms with van der Waals surface area (Å²) in [4.78, 5) is 2.38. The molecular formula is C43H33NO. The lowest BCUT2D eigenvalue weighted by atomic mass is 9.81. The summed E-state index contributed by atoms with van der Waals surface area (Å²) in [5, 5.41) is 7.34. The highest BCUT2D eigenvalue weighted by Crippen LogP contribution is 2.52. The third kappa shape index (κ3) is 3.82. The molecule has 0 spiro atoms. The average Bonchev–Trinajstić information content (AvgIpc) is 3.53.